The van der Waals surface area contributed by atoms with Gasteiger partial charge in [-0.05, 0) is 43.2 Å². The van der Waals surface area contributed by atoms with Crippen LogP contribution >= 0.6 is 11.8 Å². The number of aliphatic hydroxyl groups is 2. The summed E-state index contributed by atoms with van der Waals surface area (Å²) in [6.45, 7) is 0.938. The smallest absolute Gasteiger partial charge is 0.226 e. The zero-order chi connectivity index (χ0) is 15.3. The van der Waals surface area contributed by atoms with E-state index in [1.165, 1.54) is 4.90 Å². The van der Waals surface area contributed by atoms with Gasteiger partial charge < -0.3 is 15.1 Å². The lowest BCUT2D eigenvalue weighted by Gasteiger charge is -2.24. The second-order valence-electron chi connectivity index (χ2n) is 5.64. The number of rotatable bonds is 4. The molecule has 1 unspecified atom stereocenters. The predicted octanol–water partition coefficient (Wildman–Crippen LogP) is 1.69. The molecule has 5 heteroatoms. The summed E-state index contributed by atoms with van der Waals surface area (Å²) >= 11 is 1.68. The highest BCUT2D eigenvalue weighted by Crippen LogP contribution is 2.22. The number of nitrogens with zero attached hydrogens (tertiary/aromatic N) is 1. The fourth-order valence-corrected chi connectivity index (χ4v) is 3.02. The molecule has 2 rings (SSSR count). The Balaban J connectivity index is 1.93. The molecule has 1 saturated heterocycles. The lowest BCUT2D eigenvalue weighted by Crippen LogP contribution is -2.37. The summed E-state index contributed by atoms with van der Waals surface area (Å²) in [5.74, 6) is 0.0918. The van der Waals surface area contributed by atoms with Crippen molar-refractivity contribution in [1.82, 2.24) is 4.90 Å². The van der Waals surface area contributed by atoms with Gasteiger partial charge in [-0.25, -0.2) is 0 Å². The molecule has 0 radical (unpaired) electrons. The molecule has 1 aliphatic rings. The van der Waals surface area contributed by atoms with Crippen molar-refractivity contribution in [3.05, 3.63) is 29.8 Å². The zero-order valence-electron chi connectivity index (χ0n) is 12.4. The Hall–Kier alpha value is -1.04. The number of carbonyl (C=O) groups excluding carboxylic acids is 1. The van der Waals surface area contributed by atoms with Crippen molar-refractivity contribution in [1.29, 1.82) is 0 Å². The van der Waals surface area contributed by atoms with E-state index < -0.39 is 5.60 Å². The summed E-state index contributed by atoms with van der Waals surface area (Å²) < 4.78 is 0. The number of likely N-dealkylation sites (tertiary alicyclic amines) is 1. The molecule has 1 aromatic carbocycles. The summed E-state index contributed by atoms with van der Waals surface area (Å²) in [5, 5.41) is 19.3. The second kappa shape index (κ2) is 7.29. The standard InChI is InChI=1S/C16H23NO3S/c1-21-14-5-3-13(4-6-14)11-15(19)17-9-2-7-16(20,12-18)8-10-17/h3-6,18,20H,2,7-12H2,1H3. The topological polar surface area (TPSA) is 60.8 Å². The van der Waals surface area contributed by atoms with Crippen LogP contribution < -0.4 is 0 Å². The summed E-state index contributed by atoms with van der Waals surface area (Å²) in [5.41, 5.74) is -0.00543. The molecule has 0 aliphatic carbocycles. The fraction of sp³-hybridized carbons (Fsp3) is 0.562. The Morgan fingerprint density at radius 1 is 1.29 bits per heavy atom. The van der Waals surface area contributed by atoms with Gasteiger partial charge >= 0.3 is 0 Å². The molecule has 1 aliphatic heterocycles. The molecule has 1 amide bonds. The number of hydrogen-bond acceptors (Lipinski definition) is 4. The molecule has 1 aromatic rings. The lowest BCUT2D eigenvalue weighted by molar-refractivity contribution is -0.130. The SMILES string of the molecule is CSc1ccc(CC(=O)N2CCCC(O)(CO)CC2)cc1. The number of amides is 1. The van der Waals surface area contributed by atoms with E-state index in [-0.39, 0.29) is 12.5 Å². The van der Waals surface area contributed by atoms with E-state index in [1.807, 2.05) is 30.5 Å². The van der Waals surface area contributed by atoms with Crippen LogP contribution in [-0.4, -0.2) is 52.6 Å². The van der Waals surface area contributed by atoms with Crippen molar-refractivity contribution in [2.45, 2.75) is 36.2 Å². The summed E-state index contributed by atoms with van der Waals surface area (Å²) in [6, 6.07) is 8.04. The Morgan fingerprint density at radius 3 is 2.62 bits per heavy atom. The third kappa shape index (κ3) is 4.46. The molecule has 1 fully saturated rings. The van der Waals surface area contributed by atoms with E-state index in [9.17, 15) is 15.0 Å². The molecule has 1 heterocycles. The number of hydrogen-bond donors (Lipinski definition) is 2. The van der Waals surface area contributed by atoms with Crippen LogP contribution in [0.1, 0.15) is 24.8 Å². The maximum absolute atomic E-state index is 12.4. The number of carbonyl (C=O) groups is 1. The average Bonchev–Trinajstić information content (AvgIpc) is 2.71. The van der Waals surface area contributed by atoms with Gasteiger partial charge in [0.2, 0.25) is 5.91 Å². The molecule has 116 valence electrons. The van der Waals surface area contributed by atoms with Crippen LogP contribution in [-0.2, 0) is 11.2 Å². The van der Waals surface area contributed by atoms with Crippen molar-refractivity contribution in [2.24, 2.45) is 0 Å². The predicted molar refractivity (Wildman–Crippen MR) is 84.4 cm³/mol. The normalized spacial score (nSPS) is 22.9. The minimum atomic E-state index is -1.02. The molecule has 4 nitrogen and oxygen atoms in total. The maximum Gasteiger partial charge on any atom is 0.226 e. The van der Waals surface area contributed by atoms with Crippen LogP contribution in [0.25, 0.3) is 0 Å². The first kappa shape index (κ1) is 16.3. The molecule has 0 spiro atoms. The molecule has 0 bridgehead atoms. The van der Waals surface area contributed by atoms with Crippen molar-refractivity contribution >= 4 is 17.7 Å². The van der Waals surface area contributed by atoms with E-state index >= 15 is 0 Å². The first-order valence-electron chi connectivity index (χ1n) is 7.30. The number of benzene rings is 1. The second-order valence-corrected chi connectivity index (χ2v) is 6.52. The van der Waals surface area contributed by atoms with Gasteiger partial charge in [-0.2, -0.15) is 0 Å². The monoisotopic (exact) mass is 309 g/mol. The molecule has 1 atom stereocenters. The van der Waals surface area contributed by atoms with Crippen LogP contribution in [0.2, 0.25) is 0 Å². The zero-order valence-corrected chi connectivity index (χ0v) is 13.2. The summed E-state index contributed by atoms with van der Waals surface area (Å²) in [4.78, 5) is 15.3. The molecular weight excluding hydrogens is 286 g/mol. The average molecular weight is 309 g/mol. The van der Waals surface area contributed by atoms with Gasteiger partial charge in [-0.3, -0.25) is 4.79 Å². The van der Waals surface area contributed by atoms with E-state index in [0.29, 0.717) is 32.4 Å². The third-order valence-corrected chi connectivity index (χ3v) is 4.82. The first-order valence-corrected chi connectivity index (χ1v) is 8.53. The number of aliphatic hydroxyl groups excluding tert-OH is 1. The van der Waals surface area contributed by atoms with Gasteiger partial charge in [0.15, 0.2) is 0 Å². The highest BCUT2D eigenvalue weighted by Gasteiger charge is 2.30. The van der Waals surface area contributed by atoms with E-state index in [4.69, 9.17) is 0 Å². The Kier molecular flexibility index (Phi) is 5.67. The van der Waals surface area contributed by atoms with Crippen molar-refractivity contribution in [2.75, 3.05) is 26.0 Å². The van der Waals surface area contributed by atoms with Crippen LogP contribution in [0.4, 0.5) is 0 Å². The van der Waals surface area contributed by atoms with Crippen molar-refractivity contribution in [3.63, 3.8) is 0 Å². The molecular formula is C16H23NO3S. The Labute approximate surface area is 130 Å². The van der Waals surface area contributed by atoms with Gasteiger partial charge in [0.05, 0.1) is 18.6 Å². The number of thioether (sulfide) groups is 1. The van der Waals surface area contributed by atoms with Gasteiger partial charge in [0, 0.05) is 18.0 Å². The lowest BCUT2D eigenvalue weighted by atomic mass is 9.96. The van der Waals surface area contributed by atoms with Crippen LogP contribution in [0.15, 0.2) is 29.2 Å². The van der Waals surface area contributed by atoms with Crippen LogP contribution in [0.5, 0.6) is 0 Å². The quantitative estimate of drug-likeness (QED) is 0.831. The van der Waals surface area contributed by atoms with Gasteiger partial charge in [-0.1, -0.05) is 12.1 Å². The van der Waals surface area contributed by atoms with E-state index in [1.54, 1.807) is 16.7 Å². The van der Waals surface area contributed by atoms with Gasteiger partial charge in [-0.15, -0.1) is 11.8 Å². The van der Waals surface area contributed by atoms with E-state index in [2.05, 4.69) is 0 Å². The third-order valence-electron chi connectivity index (χ3n) is 4.08. The van der Waals surface area contributed by atoms with Gasteiger partial charge in [0.25, 0.3) is 0 Å². The van der Waals surface area contributed by atoms with Crippen LogP contribution in [0.3, 0.4) is 0 Å². The minimum absolute atomic E-state index is 0.0918. The highest BCUT2D eigenvalue weighted by molar-refractivity contribution is 7.98. The summed E-state index contributed by atoms with van der Waals surface area (Å²) in [6.07, 6.45) is 4.15. The fourth-order valence-electron chi connectivity index (χ4n) is 2.62. The Bertz CT molecular complexity index is 477. The molecule has 0 aromatic heterocycles. The molecule has 2 N–H and O–H groups in total. The van der Waals surface area contributed by atoms with Gasteiger partial charge in [0.1, 0.15) is 0 Å². The summed E-state index contributed by atoms with van der Waals surface area (Å²) in [7, 11) is 0. The molecule has 0 saturated carbocycles. The minimum Gasteiger partial charge on any atom is -0.393 e. The highest BCUT2D eigenvalue weighted by atomic mass is 32.2. The van der Waals surface area contributed by atoms with Crippen LogP contribution in [0, 0.1) is 0 Å². The maximum atomic E-state index is 12.4. The van der Waals surface area contributed by atoms with Crippen molar-refractivity contribution in [3.8, 4) is 0 Å². The first-order chi connectivity index (χ1) is 10.1. The Morgan fingerprint density at radius 2 is 2.00 bits per heavy atom. The van der Waals surface area contributed by atoms with Crippen molar-refractivity contribution < 1.29 is 15.0 Å². The van der Waals surface area contributed by atoms with E-state index in [0.717, 1.165) is 12.0 Å². The molecule has 21 heavy (non-hydrogen) atoms. The largest absolute Gasteiger partial charge is 0.393 e.